The van der Waals surface area contributed by atoms with Crippen LogP contribution in [-0.4, -0.2) is 22.1 Å². The predicted molar refractivity (Wildman–Crippen MR) is 130 cm³/mol. The number of benzene rings is 2. The number of carbonyl (C=O) groups excluding carboxylic acids is 1. The summed E-state index contributed by atoms with van der Waals surface area (Å²) in [6, 6.07) is 10.0. The van der Waals surface area contributed by atoms with Gasteiger partial charge in [0, 0.05) is 27.7 Å². The van der Waals surface area contributed by atoms with Gasteiger partial charge in [-0.05, 0) is 37.6 Å². The summed E-state index contributed by atoms with van der Waals surface area (Å²) >= 11 is 13.8. The zero-order valence-corrected chi connectivity index (χ0v) is 20.3. The first kappa shape index (κ1) is 23.9. The number of nitro benzene ring substituents is 1. The Morgan fingerprint density at radius 1 is 1.26 bits per heavy atom. The number of fused-ring (bicyclic) bond motifs is 1. The second kappa shape index (κ2) is 9.54. The number of thiazole rings is 1. The molecule has 0 amide bonds. The van der Waals surface area contributed by atoms with Crippen molar-refractivity contribution in [3.63, 3.8) is 0 Å². The van der Waals surface area contributed by atoms with Crippen molar-refractivity contribution in [1.82, 2.24) is 4.57 Å². The molecule has 3 aromatic rings. The molecule has 34 heavy (non-hydrogen) atoms. The van der Waals surface area contributed by atoms with Gasteiger partial charge in [0.1, 0.15) is 6.04 Å². The van der Waals surface area contributed by atoms with Crippen LogP contribution in [0.1, 0.15) is 31.0 Å². The summed E-state index contributed by atoms with van der Waals surface area (Å²) in [6.45, 7) is 3.52. The van der Waals surface area contributed by atoms with E-state index in [-0.39, 0.29) is 27.4 Å². The van der Waals surface area contributed by atoms with E-state index in [9.17, 15) is 19.7 Å². The lowest BCUT2D eigenvalue weighted by atomic mass is 9.96. The fourth-order valence-electron chi connectivity index (χ4n) is 3.68. The maximum atomic E-state index is 13.6. The molecule has 0 bridgehead atoms. The van der Waals surface area contributed by atoms with Crippen molar-refractivity contribution in [2.24, 2.45) is 4.99 Å². The Morgan fingerprint density at radius 2 is 2.00 bits per heavy atom. The van der Waals surface area contributed by atoms with E-state index >= 15 is 0 Å². The summed E-state index contributed by atoms with van der Waals surface area (Å²) in [5, 5.41) is 11.8. The number of allylic oxidation sites excluding steroid dienone is 1. The monoisotopic (exact) mass is 517 g/mol. The van der Waals surface area contributed by atoms with Crippen LogP contribution in [0, 0.1) is 10.1 Å². The van der Waals surface area contributed by atoms with E-state index in [0.29, 0.717) is 26.6 Å². The van der Waals surface area contributed by atoms with Crippen LogP contribution in [0.3, 0.4) is 0 Å². The molecule has 0 radical (unpaired) electrons. The van der Waals surface area contributed by atoms with Crippen molar-refractivity contribution in [3.8, 4) is 0 Å². The molecule has 1 aliphatic rings. The molecule has 0 aliphatic carbocycles. The highest BCUT2D eigenvalue weighted by atomic mass is 35.5. The van der Waals surface area contributed by atoms with Gasteiger partial charge in [0.15, 0.2) is 4.80 Å². The number of nitrogens with zero attached hydrogens (tertiary/aromatic N) is 3. The Labute approximate surface area is 207 Å². The Morgan fingerprint density at radius 3 is 2.68 bits per heavy atom. The summed E-state index contributed by atoms with van der Waals surface area (Å²) < 4.78 is 6.89. The van der Waals surface area contributed by atoms with Gasteiger partial charge in [-0.2, -0.15) is 0 Å². The van der Waals surface area contributed by atoms with E-state index in [1.54, 1.807) is 38.1 Å². The van der Waals surface area contributed by atoms with Gasteiger partial charge in [-0.25, -0.2) is 9.79 Å². The summed E-state index contributed by atoms with van der Waals surface area (Å²) in [5.41, 5.74) is 0.884. The van der Waals surface area contributed by atoms with Crippen molar-refractivity contribution in [2.75, 3.05) is 6.61 Å². The van der Waals surface area contributed by atoms with Gasteiger partial charge in [0.05, 0.1) is 27.3 Å². The van der Waals surface area contributed by atoms with Gasteiger partial charge < -0.3 is 4.74 Å². The lowest BCUT2D eigenvalue weighted by molar-refractivity contribution is -0.384. The zero-order valence-electron chi connectivity index (χ0n) is 18.0. The maximum Gasteiger partial charge on any atom is 0.338 e. The van der Waals surface area contributed by atoms with Crippen molar-refractivity contribution in [1.29, 1.82) is 0 Å². The molecule has 2 aromatic carbocycles. The number of nitro groups is 1. The second-order valence-corrected chi connectivity index (χ2v) is 9.11. The van der Waals surface area contributed by atoms with Crippen LogP contribution in [0.4, 0.5) is 5.69 Å². The minimum absolute atomic E-state index is 0.153. The van der Waals surface area contributed by atoms with Gasteiger partial charge in [-0.3, -0.25) is 19.5 Å². The number of carbonyl (C=O) groups is 1. The second-order valence-electron chi connectivity index (χ2n) is 7.29. The molecule has 0 unspecified atom stereocenters. The van der Waals surface area contributed by atoms with Gasteiger partial charge in [0.2, 0.25) is 0 Å². The van der Waals surface area contributed by atoms with Crippen molar-refractivity contribution >= 4 is 52.3 Å². The van der Waals surface area contributed by atoms with Crippen LogP contribution in [0.2, 0.25) is 10.0 Å². The normalized spacial score (nSPS) is 15.6. The Hall–Kier alpha value is -3.27. The summed E-state index contributed by atoms with van der Waals surface area (Å²) in [6.07, 6.45) is 1.48. The Kier molecular flexibility index (Phi) is 6.70. The quantitative estimate of drug-likeness (QED) is 0.289. The van der Waals surface area contributed by atoms with Crippen LogP contribution in [0.5, 0.6) is 0 Å². The van der Waals surface area contributed by atoms with Crippen LogP contribution in [0.15, 0.2) is 63.5 Å². The fourth-order valence-corrected chi connectivity index (χ4v) is 5.13. The van der Waals surface area contributed by atoms with Crippen molar-refractivity contribution in [2.45, 2.75) is 19.9 Å². The van der Waals surface area contributed by atoms with E-state index in [1.807, 2.05) is 0 Å². The molecule has 0 N–H and O–H groups in total. The van der Waals surface area contributed by atoms with Crippen molar-refractivity contribution < 1.29 is 14.5 Å². The van der Waals surface area contributed by atoms with Crippen LogP contribution >= 0.6 is 34.5 Å². The lowest BCUT2D eigenvalue weighted by Gasteiger charge is -2.25. The molecule has 2 heterocycles. The highest BCUT2D eigenvalue weighted by molar-refractivity contribution is 7.07. The highest BCUT2D eigenvalue weighted by Gasteiger charge is 2.34. The molecule has 4 rings (SSSR count). The van der Waals surface area contributed by atoms with Gasteiger partial charge in [-0.1, -0.05) is 52.7 Å². The van der Waals surface area contributed by atoms with Gasteiger partial charge in [-0.15, -0.1) is 0 Å². The number of non-ortho nitro benzene ring substituents is 1. The molecule has 1 aromatic heterocycles. The number of ether oxygens (including phenoxy) is 1. The Balaban J connectivity index is 1.99. The third kappa shape index (κ3) is 4.29. The summed E-state index contributed by atoms with van der Waals surface area (Å²) in [4.78, 5) is 41.9. The number of halogens is 2. The number of hydrogen-bond donors (Lipinski definition) is 0. The molecule has 11 heteroatoms. The Bertz CT molecular complexity index is 1540. The third-order valence-corrected chi connectivity index (χ3v) is 6.87. The van der Waals surface area contributed by atoms with Crippen LogP contribution in [0.25, 0.3) is 6.08 Å². The number of aromatic nitrogens is 1. The minimum atomic E-state index is -0.855. The third-order valence-electron chi connectivity index (χ3n) is 5.19. The van der Waals surface area contributed by atoms with Crippen molar-refractivity contribution in [3.05, 3.63) is 105 Å². The van der Waals surface area contributed by atoms with E-state index in [4.69, 9.17) is 27.9 Å². The number of hydrogen-bond acceptors (Lipinski definition) is 7. The number of esters is 1. The van der Waals surface area contributed by atoms with E-state index < -0.39 is 22.5 Å². The molecule has 0 saturated carbocycles. The first-order valence-corrected chi connectivity index (χ1v) is 11.7. The highest BCUT2D eigenvalue weighted by Crippen LogP contribution is 2.34. The largest absolute Gasteiger partial charge is 0.463 e. The SMILES string of the molecule is CCOC(=O)C1=C(C)N=c2s/c(=C/c3cc([N+](=O)[O-])ccc3Cl)c(=O)n2[C@@H]1c1ccccc1Cl. The molecule has 0 saturated heterocycles. The van der Waals surface area contributed by atoms with Gasteiger partial charge >= 0.3 is 5.97 Å². The molecule has 174 valence electrons. The first-order valence-electron chi connectivity index (χ1n) is 10.1. The molecule has 1 aliphatic heterocycles. The van der Waals surface area contributed by atoms with E-state index in [1.165, 1.54) is 28.8 Å². The summed E-state index contributed by atoms with van der Waals surface area (Å²) in [5.74, 6) is -0.593. The average Bonchev–Trinajstić information content (AvgIpc) is 3.09. The lowest BCUT2D eigenvalue weighted by Crippen LogP contribution is -2.40. The molecule has 0 fully saturated rings. The molecule has 1 atom stereocenters. The van der Waals surface area contributed by atoms with Gasteiger partial charge in [0.25, 0.3) is 11.2 Å². The van der Waals surface area contributed by atoms with E-state index in [2.05, 4.69) is 4.99 Å². The number of rotatable bonds is 5. The molecular formula is C23H17Cl2N3O5S. The fraction of sp³-hybridized carbons (Fsp3) is 0.174. The smallest absolute Gasteiger partial charge is 0.338 e. The summed E-state index contributed by atoms with van der Waals surface area (Å²) in [7, 11) is 0. The minimum Gasteiger partial charge on any atom is -0.463 e. The average molecular weight is 518 g/mol. The van der Waals surface area contributed by atoms with E-state index in [0.717, 1.165) is 11.3 Å². The molecule has 8 nitrogen and oxygen atoms in total. The maximum absolute atomic E-state index is 13.6. The van der Waals surface area contributed by atoms with Crippen LogP contribution < -0.4 is 14.9 Å². The molecular weight excluding hydrogens is 501 g/mol. The van der Waals surface area contributed by atoms with Crippen LogP contribution in [-0.2, 0) is 9.53 Å². The first-order chi connectivity index (χ1) is 16.2. The standard InChI is InChI=1S/C23H17Cl2N3O5S/c1-3-33-22(30)19-12(2)26-23-27(20(19)15-6-4-5-7-17(15)25)21(29)18(34-23)11-13-10-14(28(31)32)8-9-16(13)24/h4-11,20H,3H2,1-2H3/b18-11+/t20-/m1/s1. The zero-order chi connectivity index (χ0) is 24.6. The topological polar surface area (TPSA) is 104 Å². The molecule has 0 spiro atoms. The predicted octanol–water partition coefficient (Wildman–Crippen LogP) is 4.01.